The first-order valence-electron chi connectivity index (χ1n) is 9.14. The third kappa shape index (κ3) is 159. The first-order chi connectivity index (χ1) is 14.9. The molecule has 0 aliphatic rings. The van der Waals surface area contributed by atoms with E-state index in [9.17, 15) is 14.4 Å². The molecule has 0 aromatic rings. The lowest BCUT2D eigenvalue weighted by molar-refractivity contribution is -0.191. The van der Waals surface area contributed by atoms with Crippen LogP contribution in [-0.4, -0.2) is 101 Å². The molecule has 0 heterocycles. The minimum atomic E-state index is -0.657. The smallest absolute Gasteiger partial charge is 0.438 e. The number of rotatable bonds is 4. The van der Waals surface area contributed by atoms with Crippen LogP contribution in [0.3, 0.4) is 0 Å². The summed E-state index contributed by atoms with van der Waals surface area (Å²) in [5, 5.41) is 7.00. The summed E-state index contributed by atoms with van der Waals surface area (Å²) in [5.74, 6) is -0.500. The van der Waals surface area contributed by atoms with E-state index in [1.54, 1.807) is 28.4 Å². The van der Waals surface area contributed by atoms with E-state index >= 15 is 0 Å². The molecule has 0 rings (SSSR count). The normalized spacial score (nSPS) is 7.67. The van der Waals surface area contributed by atoms with Gasteiger partial charge in [-0.15, -0.1) is 0 Å². The summed E-state index contributed by atoms with van der Waals surface area (Å²) >= 11 is 0. The van der Waals surface area contributed by atoms with Gasteiger partial charge in [0.25, 0.3) is 0 Å². The monoisotopic (exact) mass is 542 g/mol. The molecule has 5 N–H and O–H groups in total. The summed E-state index contributed by atoms with van der Waals surface area (Å²) in [6.45, 7) is 13.5. The van der Waals surface area contributed by atoms with E-state index in [0.717, 1.165) is 7.11 Å². The molecule has 0 spiro atoms. The Labute approximate surface area is 217 Å². The molecule has 14 nitrogen and oxygen atoms in total. The fraction of sp³-hybridized carbons (Fsp3) is 0.818. The SMILES string of the molecule is C.CC(C)=O.CC(C)=O.CO.COC(=O)OC.COC(C)(C)OC.COC(C)(C)OC.O.O.O=C=O. The molecule has 14 heteroatoms. The number of ether oxygens (including phenoxy) is 6. The molecule has 226 valence electrons. The second-order valence-electron chi connectivity index (χ2n) is 6.17. The van der Waals surface area contributed by atoms with E-state index in [0.29, 0.717) is 0 Å². The molecule has 0 aliphatic carbocycles. The van der Waals surface area contributed by atoms with Crippen LogP contribution < -0.4 is 0 Å². The summed E-state index contributed by atoms with van der Waals surface area (Å²) in [6.07, 6.45) is -0.407. The van der Waals surface area contributed by atoms with Crippen molar-refractivity contribution in [2.24, 2.45) is 0 Å². The highest BCUT2D eigenvalue weighted by Gasteiger charge is 2.12. The Morgan fingerprint density at radius 1 is 0.583 bits per heavy atom. The molecule has 0 atom stereocenters. The number of hydrogen-bond donors (Lipinski definition) is 1. The zero-order valence-electron chi connectivity index (χ0n) is 23.9. The molecular formula is C22H54O14. The van der Waals surface area contributed by atoms with Gasteiger partial charge in [-0.05, 0) is 55.4 Å². The summed E-state index contributed by atoms with van der Waals surface area (Å²) in [7, 11) is 9.97. The van der Waals surface area contributed by atoms with Crippen LogP contribution in [0.2, 0.25) is 0 Å². The van der Waals surface area contributed by atoms with Gasteiger partial charge in [-0.25, -0.2) is 4.79 Å². The van der Waals surface area contributed by atoms with E-state index < -0.39 is 17.7 Å². The van der Waals surface area contributed by atoms with Crippen molar-refractivity contribution in [3.8, 4) is 0 Å². The van der Waals surface area contributed by atoms with Crippen molar-refractivity contribution in [1.29, 1.82) is 0 Å². The molecule has 0 amide bonds. The number of ketones is 2. The highest BCUT2D eigenvalue weighted by Crippen LogP contribution is 2.05. The van der Waals surface area contributed by atoms with Gasteiger partial charge < -0.3 is 54.1 Å². The summed E-state index contributed by atoms with van der Waals surface area (Å²) in [5.41, 5.74) is 0. The lowest BCUT2D eigenvalue weighted by Gasteiger charge is -2.19. The second kappa shape index (κ2) is 49.8. The molecule has 0 bridgehead atoms. The van der Waals surface area contributed by atoms with Gasteiger partial charge in [0.1, 0.15) is 11.6 Å². The fourth-order valence-corrected chi connectivity index (χ4v) is 0.250. The van der Waals surface area contributed by atoms with Crippen molar-refractivity contribution in [2.75, 3.05) is 49.8 Å². The number of hydrogen-bond acceptors (Lipinski definition) is 12. The molecule has 0 aromatic heterocycles. The largest absolute Gasteiger partial charge is 0.507 e. The Bertz CT molecular complexity index is 404. The van der Waals surface area contributed by atoms with E-state index in [2.05, 4.69) is 9.47 Å². The fourth-order valence-electron chi connectivity index (χ4n) is 0.250. The van der Waals surface area contributed by atoms with Crippen LogP contribution in [0, 0.1) is 0 Å². The van der Waals surface area contributed by atoms with Crippen LogP contribution in [0.1, 0.15) is 62.8 Å². The maximum absolute atomic E-state index is 9.74. The van der Waals surface area contributed by atoms with Crippen LogP contribution in [0.15, 0.2) is 0 Å². The average molecular weight is 543 g/mol. The highest BCUT2D eigenvalue weighted by molar-refractivity contribution is 5.72. The lowest BCUT2D eigenvalue weighted by Crippen LogP contribution is -2.24. The molecule has 0 saturated carbocycles. The van der Waals surface area contributed by atoms with Crippen molar-refractivity contribution in [3.63, 3.8) is 0 Å². The van der Waals surface area contributed by atoms with Gasteiger partial charge in [-0.2, -0.15) is 9.59 Å². The molecule has 36 heavy (non-hydrogen) atoms. The predicted molar refractivity (Wildman–Crippen MR) is 135 cm³/mol. The van der Waals surface area contributed by atoms with Crippen LogP contribution in [0.25, 0.3) is 0 Å². The van der Waals surface area contributed by atoms with E-state index in [4.69, 9.17) is 33.6 Å². The van der Waals surface area contributed by atoms with Gasteiger partial charge in [-0.3, -0.25) is 0 Å². The standard InChI is InChI=1S/2C5H12O2.C3H6O3.2C3H6O.CO2.CH4O.CH4.2H2O/c2*1-5(2,6-3)7-4;1-5-3(4)6-2;2*1-3(2)4;2-1-3;1-2;;;/h2*1-4H3;1-2H3;2*1-2H3;;2H,1H3;1H4;2*1H2. The number of aliphatic hydroxyl groups is 1. The molecule has 0 aromatic carbocycles. The van der Waals surface area contributed by atoms with Crippen molar-refractivity contribution in [1.82, 2.24) is 0 Å². The van der Waals surface area contributed by atoms with Gasteiger partial charge in [0.05, 0.1) is 14.2 Å². The summed E-state index contributed by atoms with van der Waals surface area (Å²) in [6, 6.07) is 0. The number of Topliss-reactive ketones (excluding diaryl/α,β-unsaturated/α-hetero) is 2. The topological polar surface area (TPSA) is 224 Å². The summed E-state index contributed by atoms with van der Waals surface area (Å²) in [4.78, 5) is 44.9. The first kappa shape index (κ1) is 64.2. The Kier molecular flexibility index (Phi) is 88.7. The van der Waals surface area contributed by atoms with Gasteiger partial charge >= 0.3 is 12.3 Å². The van der Waals surface area contributed by atoms with Crippen molar-refractivity contribution < 1.29 is 68.5 Å². The molecule has 0 saturated heterocycles. The molecular weight excluding hydrogens is 488 g/mol. The third-order valence-electron chi connectivity index (χ3n) is 2.30. The lowest BCUT2D eigenvalue weighted by atomic mass is 10.4. The predicted octanol–water partition coefficient (Wildman–Crippen LogP) is 1.63. The first-order valence-corrected chi connectivity index (χ1v) is 9.14. The average Bonchev–Trinajstić information content (AvgIpc) is 2.75. The Hall–Kier alpha value is -2.29. The second-order valence-corrected chi connectivity index (χ2v) is 6.17. The van der Waals surface area contributed by atoms with E-state index in [1.807, 2.05) is 27.7 Å². The number of methoxy groups -OCH3 is 6. The van der Waals surface area contributed by atoms with E-state index in [-0.39, 0.29) is 36.1 Å². The molecule has 0 aliphatic heterocycles. The highest BCUT2D eigenvalue weighted by atomic mass is 16.7. The van der Waals surface area contributed by atoms with Crippen LogP contribution >= 0.6 is 0 Å². The van der Waals surface area contributed by atoms with Gasteiger partial charge in [0, 0.05) is 35.5 Å². The third-order valence-corrected chi connectivity index (χ3v) is 2.30. The summed E-state index contributed by atoms with van der Waals surface area (Å²) < 4.78 is 27.5. The molecule has 0 radical (unpaired) electrons. The van der Waals surface area contributed by atoms with Gasteiger partial charge in [-0.1, -0.05) is 7.43 Å². The van der Waals surface area contributed by atoms with Crippen molar-refractivity contribution in [2.45, 2.75) is 74.4 Å². The van der Waals surface area contributed by atoms with Crippen LogP contribution in [-0.2, 0) is 47.6 Å². The van der Waals surface area contributed by atoms with Crippen LogP contribution in [0.4, 0.5) is 4.79 Å². The Morgan fingerprint density at radius 2 is 0.694 bits per heavy atom. The van der Waals surface area contributed by atoms with Crippen LogP contribution in [0.5, 0.6) is 0 Å². The quantitative estimate of drug-likeness (QED) is 0.395. The number of carbonyl (C=O) groups is 3. The Balaban J connectivity index is -0.0000000279. The number of carbonyl (C=O) groups excluding carboxylic acids is 5. The van der Waals surface area contributed by atoms with E-state index in [1.165, 1.54) is 41.9 Å². The Morgan fingerprint density at radius 3 is 0.694 bits per heavy atom. The zero-order chi connectivity index (χ0) is 28.7. The maximum atomic E-state index is 9.74. The molecule has 0 fully saturated rings. The zero-order valence-corrected chi connectivity index (χ0v) is 23.9. The minimum Gasteiger partial charge on any atom is -0.438 e. The number of aliphatic hydroxyl groups excluding tert-OH is 1. The van der Waals surface area contributed by atoms with Gasteiger partial charge in [0.15, 0.2) is 11.6 Å². The molecule has 0 unspecified atom stereocenters. The van der Waals surface area contributed by atoms with Gasteiger partial charge in [0.2, 0.25) is 0 Å². The minimum absolute atomic E-state index is 0. The maximum Gasteiger partial charge on any atom is 0.507 e. The van der Waals surface area contributed by atoms with Crippen molar-refractivity contribution >= 4 is 23.9 Å². The van der Waals surface area contributed by atoms with Crippen molar-refractivity contribution in [3.05, 3.63) is 0 Å².